The Kier molecular flexibility index (Phi) is 4.32. The molecule has 1 rings (SSSR count). The monoisotopic (exact) mass is 224 g/mol. The van der Waals surface area contributed by atoms with Crippen molar-refractivity contribution in [3.63, 3.8) is 0 Å². The highest BCUT2D eigenvalue weighted by Gasteiger charge is 2.12. The highest BCUT2D eigenvalue weighted by Crippen LogP contribution is 2.55. The summed E-state index contributed by atoms with van der Waals surface area (Å²) >= 11 is 6.08. The van der Waals surface area contributed by atoms with Gasteiger partial charge in [-0.1, -0.05) is 11.4 Å². The second kappa shape index (κ2) is 5.04. The Morgan fingerprint density at radius 3 is 3.00 bits per heavy atom. The van der Waals surface area contributed by atoms with Crippen molar-refractivity contribution in [2.45, 2.75) is 0 Å². The van der Waals surface area contributed by atoms with Crippen LogP contribution < -0.4 is 0 Å². The molecule has 1 aliphatic heterocycles. The summed E-state index contributed by atoms with van der Waals surface area (Å²) in [5.41, 5.74) is -2.61. The Balaban J connectivity index is 2.54. The summed E-state index contributed by atoms with van der Waals surface area (Å²) in [4.78, 5) is 9.45. The minimum absolute atomic E-state index is 0.300. The molecule has 0 radical (unpaired) electrons. The molecule has 0 aromatic rings. The van der Waals surface area contributed by atoms with Crippen LogP contribution in [0, 0.1) is 0 Å². The Labute approximate surface area is 80.4 Å². The van der Waals surface area contributed by atoms with Gasteiger partial charge in [0.2, 0.25) is 5.69 Å². The van der Waals surface area contributed by atoms with Crippen molar-refractivity contribution in [1.82, 2.24) is 0 Å². The molecule has 1 heterocycles. The normalized spacial score (nSPS) is 31.1. The number of hydrogen-bond donors (Lipinski definition) is 1. The maximum atomic E-state index is 9.45. The lowest BCUT2D eigenvalue weighted by molar-refractivity contribution is 0.348. The molecule has 0 amide bonds. The Hall–Kier alpha value is 0.200. The van der Waals surface area contributed by atoms with Gasteiger partial charge in [0.25, 0.3) is 0 Å². The molecule has 0 fully saturated rings. The summed E-state index contributed by atoms with van der Waals surface area (Å²) in [6.07, 6.45) is 6.50. The van der Waals surface area contributed by atoms with Gasteiger partial charge in [0.1, 0.15) is 0 Å². The molecule has 3 nitrogen and oxygen atoms in total. The van der Waals surface area contributed by atoms with Crippen LogP contribution in [0.5, 0.6) is 0 Å². The summed E-state index contributed by atoms with van der Waals surface area (Å²) in [5.74, 6) is 0.613. The van der Waals surface area contributed by atoms with Crippen LogP contribution in [0.1, 0.15) is 0 Å². The average molecular weight is 224 g/mol. The van der Waals surface area contributed by atoms with E-state index in [2.05, 4.69) is 0 Å². The van der Waals surface area contributed by atoms with E-state index in [1.165, 1.54) is 17.6 Å². The van der Waals surface area contributed by atoms with E-state index in [9.17, 15) is 4.89 Å². The summed E-state index contributed by atoms with van der Waals surface area (Å²) < 4.78 is 9.97. The predicted octanol–water partition coefficient (Wildman–Crippen LogP) is 2.01. The van der Waals surface area contributed by atoms with Gasteiger partial charge in [0.15, 0.2) is 0 Å². The van der Waals surface area contributed by atoms with Gasteiger partial charge in [0.05, 0.1) is 19.1 Å². The lowest BCUT2D eigenvalue weighted by Gasteiger charge is -2.12. The Bertz CT molecular complexity index is 219. The summed E-state index contributed by atoms with van der Waals surface area (Å²) in [6.45, 7) is 0.300. The van der Waals surface area contributed by atoms with E-state index >= 15 is 0 Å². The lowest BCUT2D eigenvalue weighted by atomic mass is 10.7. The first-order valence-corrected chi connectivity index (χ1v) is 7.54. The fraction of sp³-hybridized carbons (Fsp3) is 0.333. The number of rotatable bonds is 0. The zero-order chi connectivity index (χ0) is 8.86. The highest BCUT2D eigenvalue weighted by molar-refractivity contribution is 8.67. The van der Waals surface area contributed by atoms with Crippen LogP contribution >= 0.6 is 17.1 Å². The van der Waals surface area contributed by atoms with Crippen molar-refractivity contribution in [2.24, 2.45) is 0 Å². The van der Waals surface area contributed by atoms with E-state index in [1.807, 2.05) is 0 Å². The molecule has 1 N–H and O–H groups in total. The highest BCUT2D eigenvalue weighted by atomic mass is 32.9. The molecule has 0 bridgehead atoms. The van der Waals surface area contributed by atoms with E-state index in [0.717, 1.165) is 0 Å². The molecule has 1 aliphatic rings. The van der Waals surface area contributed by atoms with Crippen LogP contribution in [0.2, 0.25) is 0 Å². The van der Waals surface area contributed by atoms with E-state index in [0.29, 0.717) is 12.4 Å². The van der Waals surface area contributed by atoms with Gasteiger partial charge < -0.3 is 14.2 Å². The Morgan fingerprint density at radius 1 is 1.42 bits per heavy atom. The molecule has 0 saturated heterocycles. The fourth-order valence-corrected chi connectivity index (χ4v) is 3.21. The molecule has 0 aromatic carbocycles. The first-order valence-electron chi connectivity index (χ1n) is 3.28. The third-order valence-corrected chi connectivity index (χ3v) is 5.17. The first kappa shape index (κ1) is 10.3. The summed E-state index contributed by atoms with van der Waals surface area (Å²) in [6, 6.07) is 0. The zero-order valence-corrected chi connectivity index (χ0v) is 8.78. The van der Waals surface area contributed by atoms with Crippen LogP contribution in [0.25, 0.3) is 0 Å². The third kappa shape index (κ3) is 4.28. The largest absolute Gasteiger partial charge is 0.473 e. The molecule has 1 atom stereocenters. The van der Waals surface area contributed by atoms with E-state index in [1.54, 1.807) is 18.4 Å². The third-order valence-electron chi connectivity index (χ3n) is 1.02. The van der Waals surface area contributed by atoms with Crippen molar-refractivity contribution >= 4 is 28.9 Å². The van der Waals surface area contributed by atoms with Gasteiger partial charge in [-0.3, -0.25) is 0 Å². The van der Waals surface area contributed by atoms with Gasteiger partial charge in [0, 0.05) is 5.75 Å². The molecule has 1 unspecified atom stereocenters. The van der Waals surface area contributed by atoms with Gasteiger partial charge in [-0.05, 0) is 24.0 Å². The molecular weight excluding hydrogens is 215 g/mol. The maximum absolute atomic E-state index is 9.45. The SMILES string of the molecule is OP1(=S)OCC=COC=CCS1. The standard InChI is InChI=1S/C6H9O3PS2/c7-10(11)9-5-1-3-8-4-2-6-12-10/h1-4H,5-6H2,(H,7,11). The van der Waals surface area contributed by atoms with Gasteiger partial charge in [-0.25, -0.2) is 0 Å². The van der Waals surface area contributed by atoms with Crippen LogP contribution in [0.3, 0.4) is 0 Å². The molecule has 0 spiro atoms. The quantitative estimate of drug-likeness (QED) is 0.637. The molecule has 0 aromatic heterocycles. The van der Waals surface area contributed by atoms with Crippen molar-refractivity contribution < 1.29 is 14.2 Å². The second-order valence-electron chi connectivity index (χ2n) is 1.94. The minimum Gasteiger partial charge on any atom is -0.473 e. The summed E-state index contributed by atoms with van der Waals surface area (Å²) in [7, 11) is 0. The molecule has 6 heteroatoms. The van der Waals surface area contributed by atoms with Crippen molar-refractivity contribution in [3.8, 4) is 0 Å². The van der Waals surface area contributed by atoms with Gasteiger partial charge in [-0.15, -0.1) is 0 Å². The van der Waals surface area contributed by atoms with Crippen LogP contribution in [-0.4, -0.2) is 17.3 Å². The molecular formula is C6H9O3PS2. The van der Waals surface area contributed by atoms with Crippen molar-refractivity contribution in [2.75, 3.05) is 12.4 Å². The molecule has 68 valence electrons. The maximum Gasteiger partial charge on any atom is 0.245 e. The minimum atomic E-state index is -2.61. The van der Waals surface area contributed by atoms with E-state index in [-0.39, 0.29) is 0 Å². The van der Waals surface area contributed by atoms with Crippen LogP contribution in [0.4, 0.5) is 0 Å². The lowest BCUT2D eigenvalue weighted by Crippen LogP contribution is -1.88. The topological polar surface area (TPSA) is 38.7 Å². The average Bonchev–Trinajstić information content (AvgIpc) is 2.02. The van der Waals surface area contributed by atoms with Crippen LogP contribution in [0.15, 0.2) is 24.7 Å². The number of hydrogen-bond acceptors (Lipinski definition) is 4. The van der Waals surface area contributed by atoms with E-state index in [4.69, 9.17) is 21.1 Å². The van der Waals surface area contributed by atoms with Gasteiger partial charge in [-0.2, -0.15) is 0 Å². The van der Waals surface area contributed by atoms with Crippen molar-refractivity contribution in [3.05, 3.63) is 24.7 Å². The number of ether oxygens (including phenoxy) is 1. The second-order valence-corrected chi connectivity index (χ2v) is 8.16. The summed E-state index contributed by atoms with van der Waals surface area (Å²) in [5, 5.41) is 0. The smallest absolute Gasteiger partial charge is 0.245 e. The van der Waals surface area contributed by atoms with Gasteiger partial charge >= 0.3 is 0 Å². The van der Waals surface area contributed by atoms with Crippen LogP contribution in [-0.2, 0) is 21.1 Å². The molecule has 0 saturated carbocycles. The first-order chi connectivity index (χ1) is 5.71. The molecule has 0 aliphatic carbocycles. The predicted molar refractivity (Wildman–Crippen MR) is 54.3 cm³/mol. The molecule has 12 heavy (non-hydrogen) atoms. The van der Waals surface area contributed by atoms with Crippen molar-refractivity contribution in [1.29, 1.82) is 0 Å². The van der Waals surface area contributed by atoms with E-state index < -0.39 is 5.69 Å². The Morgan fingerprint density at radius 2 is 2.17 bits per heavy atom. The fourth-order valence-electron chi connectivity index (χ4n) is 0.547. The zero-order valence-electron chi connectivity index (χ0n) is 6.25.